The fourth-order valence-electron chi connectivity index (χ4n) is 4.53. The zero-order valence-corrected chi connectivity index (χ0v) is 25.1. The molecular weight excluding hydrogens is 603 g/mol. The van der Waals surface area contributed by atoms with Crippen molar-refractivity contribution in [2.24, 2.45) is 0 Å². The smallest absolute Gasteiger partial charge is 0.416 e. The van der Waals surface area contributed by atoms with Crippen LogP contribution >= 0.6 is 0 Å². The maximum atomic E-state index is 13.5. The summed E-state index contributed by atoms with van der Waals surface area (Å²) in [6, 6.07) is 17.8. The summed E-state index contributed by atoms with van der Waals surface area (Å²) in [6.45, 7) is 1.69. The lowest BCUT2D eigenvalue weighted by atomic mass is 10.0. The Balaban J connectivity index is 1.49. The van der Waals surface area contributed by atoms with E-state index in [-0.39, 0.29) is 46.1 Å². The standard InChI is InChI=1S/C34H30F3N3O6/c1-20-7-17-26(30(38-20)22-9-13-24(14-10-22)34(35,36)37)31(42)39-28-18-8-21(19-27(28)32(43)40(2)3)5-4-6-29(41)46-25-15-11-23(12-16-25)33(44)45/h7-19H,4-6H2,1-3H3,(H,39,42)(H,44,45). The number of aromatic nitrogens is 1. The highest BCUT2D eigenvalue weighted by Crippen LogP contribution is 2.32. The number of halogens is 3. The first kappa shape index (κ1) is 33.4. The fraction of sp³-hybridized carbons (Fsp3) is 0.206. The lowest BCUT2D eigenvalue weighted by Gasteiger charge is -2.17. The van der Waals surface area contributed by atoms with Crippen LogP contribution in [-0.4, -0.2) is 52.8 Å². The number of aryl methyl sites for hydroxylation is 2. The molecule has 9 nitrogen and oxygen atoms in total. The van der Waals surface area contributed by atoms with Crippen LogP contribution in [0.2, 0.25) is 0 Å². The molecule has 2 amide bonds. The Morgan fingerprint density at radius 3 is 2.17 bits per heavy atom. The fourth-order valence-corrected chi connectivity index (χ4v) is 4.53. The Hall–Kier alpha value is -5.52. The minimum absolute atomic E-state index is 0.0588. The highest BCUT2D eigenvalue weighted by molar-refractivity contribution is 6.11. The van der Waals surface area contributed by atoms with E-state index < -0.39 is 29.6 Å². The van der Waals surface area contributed by atoms with Crippen LogP contribution in [0, 0.1) is 6.92 Å². The van der Waals surface area contributed by atoms with Crippen molar-refractivity contribution in [1.82, 2.24) is 9.88 Å². The number of carbonyl (C=O) groups is 4. The number of hydrogen-bond acceptors (Lipinski definition) is 6. The molecule has 3 aromatic carbocycles. The first-order chi connectivity index (χ1) is 21.7. The van der Waals surface area contributed by atoms with Crippen LogP contribution in [0.4, 0.5) is 18.9 Å². The largest absolute Gasteiger partial charge is 0.478 e. The molecule has 12 heteroatoms. The normalized spacial score (nSPS) is 11.1. The van der Waals surface area contributed by atoms with Crippen molar-refractivity contribution in [3.63, 3.8) is 0 Å². The van der Waals surface area contributed by atoms with Gasteiger partial charge in [0.25, 0.3) is 11.8 Å². The van der Waals surface area contributed by atoms with Gasteiger partial charge in [0.05, 0.1) is 33.6 Å². The summed E-state index contributed by atoms with van der Waals surface area (Å²) in [4.78, 5) is 55.6. The molecular formula is C34H30F3N3O6. The van der Waals surface area contributed by atoms with Crippen LogP contribution in [0.15, 0.2) is 78.9 Å². The van der Waals surface area contributed by atoms with Crippen molar-refractivity contribution in [2.45, 2.75) is 32.4 Å². The molecule has 0 spiro atoms. The Labute approximate surface area is 262 Å². The summed E-state index contributed by atoms with van der Waals surface area (Å²) in [5, 5.41) is 11.7. The molecule has 4 rings (SSSR count). The van der Waals surface area contributed by atoms with Crippen LogP contribution in [0.1, 0.15) is 60.7 Å². The number of hydrogen-bond donors (Lipinski definition) is 2. The molecule has 46 heavy (non-hydrogen) atoms. The van der Waals surface area contributed by atoms with E-state index >= 15 is 0 Å². The van der Waals surface area contributed by atoms with Gasteiger partial charge in [-0.3, -0.25) is 19.4 Å². The molecule has 2 N–H and O–H groups in total. The molecule has 1 aromatic heterocycles. The number of ether oxygens (including phenoxy) is 1. The second-order valence-electron chi connectivity index (χ2n) is 10.6. The first-order valence-electron chi connectivity index (χ1n) is 14.1. The van der Waals surface area contributed by atoms with E-state index in [0.717, 1.165) is 17.7 Å². The van der Waals surface area contributed by atoms with Crippen molar-refractivity contribution in [1.29, 1.82) is 0 Å². The quantitative estimate of drug-likeness (QED) is 0.148. The number of carboxylic acid groups (broad SMARTS) is 1. The summed E-state index contributed by atoms with van der Waals surface area (Å²) in [5.74, 6) is -2.37. The van der Waals surface area contributed by atoms with Gasteiger partial charge in [0.15, 0.2) is 0 Å². The number of alkyl halides is 3. The van der Waals surface area contributed by atoms with Crippen molar-refractivity contribution in [3.05, 3.63) is 112 Å². The summed E-state index contributed by atoms with van der Waals surface area (Å²) in [5.41, 5.74) is 1.55. The summed E-state index contributed by atoms with van der Waals surface area (Å²) < 4.78 is 44.5. The van der Waals surface area contributed by atoms with Gasteiger partial charge in [-0.15, -0.1) is 0 Å². The minimum atomic E-state index is -4.51. The second-order valence-corrected chi connectivity index (χ2v) is 10.6. The molecule has 0 saturated carbocycles. The number of pyridine rings is 1. The highest BCUT2D eigenvalue weighted by Gasteiger charge is 2.30. The van der Waals surface area contributed by atoms with Gasteiger partial charge in [-0.1, -0.05) is 18.2 Å². The van der Waals surface area contributed by atoms with Crippen LogP contribution < -0.4 is 10.1 Å². The zero-order valence-electron chi connectivity index (χ0n) is 25.1. The Kier molecular flexibility index (Phi) is 10.2. The summed E-state index contributed by atoms with van der Waals surface area (Å²) >= 11 is 0. The number of carbonyl (C=O) groups excluding carboxylic acids is 3. The number of nitrogens with one attached hydrogen (secondary N) is 1. The van der Waals surface area contributed by atoms with Crippen LogP contribution in [0.25, 0.3) is 11.3 Å². The molecule has 238 valence electrons. The van der Waals surface area contributed by atoms with Gasteiger partial charge in [0, 0.05) is 31.8 Å². The van der Waals surface area contributed by atoms with Gasteiger partial charge in [-0.25, -0.2) is 4.79 Å². The lowest BCUT2D eigenvalue weighted by molar-refractivity contribution is -0.137. The number of benzene rings is 3. The minimum Gasteiger partial charge on any atom is -0.478 e. The molecule has 0 aliphatic carbocycles. The molecule has 0 atom stereocenters. The third kappa shape index (κ3) is 8.35. The van der Waals surface area contributed by atoms with E-state index in [9.17, 15) is 32.3 Å². The molecule has 0 aliphatic rings. The van der Waals surface area contributed by atoms with E-state index in [2.05, 4.69) is 10.3 Å². The molecule has 0 radical (unpaired) electrons. The van der Waals surface area contributed by atoms with E-state index in [4.69, 9.17) is 9.84 Å². The van der Waals surface area contributed by atoms with Crippen molar-refractivity contribution in [3.8, 4) is 17.0 Å². The summed E-state index contributed by atoms with van der Waals surface area (Å²) in [6.07, 6.45) is -3.65. The van der Waals surface area contributed by atoms with Gasteiger partial charge in [-0.05, 0) is 86.0 Å². The SMILES string of the molecule is Cc1ccc(C(=O)Nc2ccc(CCCC(=O)Oc3ccc(C(=O)O)cc3)cc2C(=O)N(C)C)c(-c2ccc(C(F)(F)F)cc2)n1. The third-order valence-electron chi connectivity index (χ3n) is 6.91. The average Bonchev–Trinajstić information content (AvgIpc) is 3.01. The first-order valence-corrected chi connectivity index (χ1v) is 14.1. The molecule has 0 unspecified atom stereocenters. The van der Waals surface area contributed by atoms with Gasteiger partial charge >= 0.3 is 18.1 Å². The highest BCUT2D eigenvalue weighted by atomic mass is 19.4. The van der Waals surface area contributed by atoms with Gasteiger partial charge in [0.2, 0.25) is 0 Å². The Bertz CT molecular complexity index is 1770. The molecule has 1 heterocycles. The Morgan fingerprint density at radius 1 is 0.891 bits per heavy atom. The topological polar surface area (TPSA) is 126 Å². The Morgan fingerprint density at radius 2 is 1.57 bits per heavy atom. The number of carboxylic acids is 1. The maximum absolute atomic E-state index is 13.5. The van der Waals surface area contributed by atoms with Crippen LogP contribution in [0.3, 0.4) is 0 Å². The van der Waals surface area contributed by atoms with Gasteiger partial charge < -0.3 is 20.1 Å². The molecule has 0 fully saturated rings. The number of esters is 1. The lowest BCUT2D eigenvalue weighted by Crippen LogP contribution is -2.24. The maximum Gasteiger partial charge on any atom is 0.416 e. The number of aromatic carboxylic acids is 1. The van der Waals surface area contributed by atoms with Crippen LogP contribution in [-0.2, 0) is 17.4 Å². The second kappa shape index (κ2) is 14.1. The molecule has 4 aromatic rings. The van der Waals surface area contributed by atoms with Gasteiger partial charge in [-0.2, -0.15) is 13.2 Å². The third-order valence-corrected chi connectivity index (χ3v) is 6.91. The van der Waals surface area contributed by atoms with Gasteiger partial charge in [0.1, 0.15) is 5.75 Å². The van der Waals surface area contributed by atoms with Crippen LogP contribution in [0.5, 0.6) is 5.75 Å². The molecule has 0 saturated heterocycles. The zero-order chi connectivity index (χ0) is 33.6. The summed E-state index contributed by atoms with van der Waals surface area (Å²) in [7, 11) is 3.12. The molecule has 0 aliphatic heterocycles. The number of rotatable bonds is 10. The predicted octanol–water partition coefficient (Wildman–Crippen LogP) is 6.66. The number of amides is 2. The van der Waals surface area contributed by atoms with Crippen molar-refractivity contribution in [2.75, 3.05) is 19.4 Å². The van der Waals surface area contributed by atoms with Crippen molar-refractivity contribution < 1.29 is 42.2 Å². The molecule has 0 bridgehead atoms. The number of anilines is 1. The monoisotopic (exact) mass is 633 g/mol. The van der Waals surface area contributed by atoms with E-state index in [1.54, 1.807) is 45.3 Å². The van der Waals surface area contributed by atoms with E-state index in [1.807, 2.05) is 0 Å². The van der Waals surface area contributed by atoms with Crippen molar-refractivity contribution >= 4 is 29.4 Å². The van der Waals surface area contributed by atoms with E-state index in [0.29, 0.717) is 24.1 Å². The average molecular weight is 634 g/mol. The number of nitrogens with zero attached hydrogens (tertiary/aromatic N) is 2. The predicted molar refractivity (Wildman–Crippen MR) is 164 cm³/mol. The van der Waals surface area contributed by atoms with E-state index in [1.165, 1.54) is 47.4 Å².